The van der Waals surface area contributed by atoms with E-state index >= 15 is 0 Å². The van der Waals surface area contributed by atoms with E-state index in [4.69, 9.17) is 32.9 Å². The smallest absolute Gasteiger partial charge is 0.235 e. The van der Waals surface area contributed by atoms with Crippen molar-refractivity contribution in [2.75, 3.05) is 20.2 Å². The molecular weight excluding hydrogens is 609 g/mol. The number of benzene rings is 3. The van der Waals surface area contributed by atoms with Gasteiger partial charge in [-0.15, -0.1) is 0 Å². The van der Waals surface area contributed by atoms with Crippen molar-refractivity contribution in [2.45, 2.75) is 50.8 Å². The number of rotatable bonds is 10. The van der Waals surface area contributed by atoms with Gasteiger partial charge in [0.2, 0.25) is 11.8 Å². The summed E-state index contributed by atoms with van der Waals surface area (Å²) >= 11 is 14.1. The van der Waals surface area contributed by atoms with E-state index in [1.807, 2.05) is 54.6 Å². The second kappa shape index (κ2) is 13.6. The van der Waals surface area contributed by atoms with Gasteiger partial charge in [-0.1, -0.05) is 71.7 Å². The van der Waals surface area contributed by atoms with Gasteiger partial charge in [0.05, 0.1) is 46.8 Å². The fourth-order valence-electron chi connectivity index (χ4n) is 6.07. The number of aromatic nitrogens is 2. The number of carbonyl (C=O) groups is 1. The summed E-state index contributed by atoms with van der Waals surface area (Å²) in [7, 11) is 1.58. The van der Waals surface area contributed by atoms with Crippen LogP contribution < -0.4 is 10.1 Å². The molecule has 3 heterocycles. The monoisotopic (exact) mass is 641 g/mol. The van der Waals surface area contributed by atoms with Crippen LogP contribution in [0.25, 0.3) is 33.5 Å². The van der Waals surface area contributed by atoms with Gasteiger partial charge in [0.1, 0.15) is 5.69 Å². The average Bonchev–Trinajstić information content (AvgIpc) is 3.45. The van der Waals surface area contributed by atoms with Gasteiger partial charge >= 0.3 is 0 Å². The van der Waals surface area contributed by atoms with Crippen LogP contribution >= 0.6 is 23.2 Å². The first-order valence-corrected chi connectivity index (χ1v) is 15.8. The number of nitrogens with zero attached hydrogens (tertiary/aromatic N) is 4. The van der Waals surface area contributed by atoms with E-state index in [9.17, 15) is 15.2 Å². The van der Waals surface area contributed by atoms with Gasteiger partial charge in [-0.2, -0.15) is 5.26 Å². The molecule has 2 fully saturated rings. The third-order valence-corrected chi connectivity index (χ3v) is 9.31. The second-order valence-corrected chi connectivity index (χ2v) is 12.3. The number of amides is 1. The maximum Gasteiger partial charge on any atom is 0.235 e. The molecule has 6 rings (SSSR count). The van der Waals surface area contributed by atoms with E-state index in [-0.39, 0.29) is 18.1 Å². The molecule has 0 bridgehead atoms. The molecule has 1 aromatic heterocycles. The van der Waals surface area contributed by atoms with Crippen molar-refractivity contribution in [3.05, 3.63) is 87.7 Å². The predicted octanol–water partition coefficient (Wildman–Crippen LogP) is 6.44. The first kappa shape index (κ1) is 31.0. The van der Waals surface area contributed by atoms with E-state index in [0.29, 0.717) is 65.2 Å². The van der Waals surface area contributed by atoms with Gasteiger partial charge in [-0.3, -0.25) is 14.7 Å². The maximum absolute atomic E-state index is 11.5. The number of methoxy groups -OCH3 is 1. The van der Waals surface area contributed by atoms with E-state index in [1.165, 1.54) is 0 Å². The average molecular weight is 643 g/mol. The van der Waals surface area contributed by atoms with Crippen LogP contribution in [-0.4, -0.2) is 58.2 Å². The third kappa shape index (κ3) is 6.68. The number of nitriles is 1. The highest BCUT2D eigenvalue weighted by molar-refractivity contribution is 6.39. The standard InChI is InChI=1S/C35H33Cl2N5O3/c1-45-35-30(10-2-5-24-13-14-32(44)40-24)39-17-31(41-35)29-9-4-8-28(34(29)37)27-7-3-6-26(33(27)36)21-11-12-22(23(15-21)16-38)18-42-19-25(43)20-42/h3-4,6-9,11-12,15,17,24-25,43H,2,5,10,13-14,18-20H2,1H3,(H,40,44)/t24-/m1/s1. The molecule has 45 heavy (non-hydrogen) atoms. The van der Waals surface area contributed by atoms with Crippen molar-refractivity contribution < 1.29 is 14.6 Å². The number of aliphatic hydroxyl groups excluding tert-OH is 1. The van der Waals surface area contributed by atoms with E-state index in [1.54, 1.807) is 13.3 Å². The zero-order valence-electron chi connectivity index (χ0n) is 24.9. The van der Waals surface area contributed by atoms with Crippen LogP contribution in [0.2, 0.25) is 10.0 Å². The Kier molecular flexibility index (Phi) is 9.34. The van der Waals surface area contributed by atoms with Crippen LogP contribution in [0, 0.1) is 11.3 Å². The Balaban J connectivity index is 1.25. The van der Waals surface area contributed by atoms with Gasteiger partial charge in [0.15, 0.2) is 0 Å². The molecular formula is C35H33Cl2N5O3. The number of likely N-dealkylation sites (tertiary alicyclic amines) is 1. The molecule has 1 atom stereocenters. The zero-order valence-corrected chi connectivity index (χ0v) is 26.4. The number of nitrogens with one attached hydrogen (secondary N) is 1. The molecule has 0 unspecified atom stereocenters. The first-order chi connectivity index (χ1) is 21.8. The lowest BCUT2D eigenvalue weighted by Crippen LogP contribution is -2.49. The van der Waals surface area contributed by atoms with Crippen LogP contribution in [0.4, 0.5) is 0 Å². The number of β-amino-alcohol motifs (C(OH)–C–C–N with tert-alkyl or cyclic N) is 1. The SMILES string of the molecule is COc1nc(-c2cccc(-c3cccc(-c4ccc(CN5CC(O)C5)c(C#N)c4)c3Cl)c2Cl)cnc1CCC[C@@H]1CCC(=O)N1. The fourth-order valence-corrected chi connectivity index (χ4v) is 6.73. The first-order valence-electron chi connectivity index (χ1n) is 15.1. The fraction of sp³-hybridized carbons (Fsp3) is 0.314. The number of hydrogen-bond acceptors (Lipinski definition) is 7. The molecule has 2 aliphatic rings. The molecule has 8 nitrogen and oxygen atoms in total. The Morgan fingerprint density at radius 3 is 2.44 bits per heavy atom. The highest BCUT2D eigenvalue weighted by atomic mass is 35.5. The number of hydrogen-bond donors (Lipinski definition) is 2. The summed E-state index contributed by atoms with van der Waals surface area (Å²) in [4.78, 5) is 23.0. The molecule has 4 aromatic rings. The lowest BCUT2D eigenvalue weighted by Gasteiger charge is -2.36. The number of ether oxygens (including phenoxy) is 1. The summed E-state index contributed by atoms with van der Waals surface area (Å²) in [6.07, 6.45) is 5.33. The largest absolute Gasteiger partial charge is 0.480 e. The molecule has 0 radical (unpaired) electrons. The summed E-state index contributed by atoms with van der Waals surface area (Å²) in [6.45, 7) is 1.85. The maximum atomic E-state index is 11.5. The van der Waals surface area contributed by atoms with Gasteiger partial charge < -0.3 is 15.2 Å². The Morgan fingerprint density at radius 2 is 1.78 bits per heavy atom. The number of halogens is 2. The summed E-state index contributed by atoms with van der Waals surface area (Å²) in [6, 6.07) is 19.8. The van der Waals surface area contributed by atoms with Crippen molar-refractivity contribution in [3.8, 4) is 45.5 Å². The van der Waals surface area contributed by atoms with Crippen molar-refractivity contribution in [3.63, 3.8) is 0 Å². The predicted molar refractivity (Wildman–Crippen MR) is 175 cm³/mol. The second-order valence-electron chi connectivity index (χ2n) is 11.6. The normalized spacial score (nSPS) is 16.7. The molecule has 2 aliphatic heterocycles. The van der Waals surface area contributed by atoms with Crippen LogP contribution in [0.1, 0.15) is 42.5 Å². The third-order valence-electron chi connectivity index (χ3n) is 8.49. The van der Waals surface area contributed by atoms with E-state index in [2.05, 4.69) is 21.3 Å². The highest BCUT2D eigenvalue weighted by Gasteiger charge is 2.25. The molecule has 10 heteroatoms. The van der Waals surface area contributed by atoms with Crippen LogP contribution in [0.15, 0.2) is 60.8 Å². The molecule has 1 amide bonds. The van der Waals surface area contributed by atoms with Crippen LogP contribution in [0.5, 0.6) is 5.88 Å². The van der Waals surface area contributed by atoms with E-state index in [0.717, 1.165) is 52.8 Å². The summed E-state index contributed by atoms with van der Waals surface area (Å²) in [5, 5.41) is 23.5. The van der Waals surface area contributed by atoms with Crippen molar-refractivity contribution in [2.24, 2.45) is 0 Å². The Bertz CT molecular complexity index is 1780. The Morgan fingerprint density at radius 1 is 1.07 bits per heavy atom. The van der Waals surface area contributed by atoms with E-state index < -0.39 is 0 Å². The summed E-state index contributed by atoms with van der Waals surface area (Å²) in [5.41, 5.74) is 6.68. The number of carbonyl (C=O) groups excluding carboxylic acids is 1. The quantitative estimate of drug-likeness (QED) is 0.205. The minimum atomic E-state index is -0.293. The van der Waals surface area contributed by atoms with Gasteiger partial charge in [0.25, 0.3) is 0 Å². The van der Waals surface area contributed by atoms with Gasteiger partial charge in [0, 0.05) is 54.4 Å². The molecule has 0 saturated carbocycles. The molecule has 0 aliphatic carbocycles. The lowest BCUT2D eigenvalue weighted by molar-refractivity contribution is -0.119. The molecule has 3 aromatic carbocycles. The van der Waals surface area contributed by atoms with Crippen molar-refractivity contribution in [1.82, 2.24) is 20.2 Å². The summed E-state index contributed by atoms with van der Waals surface area (Å²) < 4.78 is 5.60. The van der Waals surface area contributed by atoms with Gasteiger partial charge in [-0.25, -0.2) is 4.98 Å². The van der Waals surface area contributed by atoms with Gasteiger partial charge in [-0.05, 0) is 42.9 Å². The topological polar surface area (TPSA) is 111 Å². The Hall–Kier alpha value is -4.00. The minimum Gasteiger partial charge on any atom is -0.480 e. The molecule has 2 N–H and O–H groups in total. The van der Waals surface area contributed by atoms with Crippen molar-refractivity contribution in [1.29, 1.82) is 5.26 Å². The highest BCUT2D eigenvalue weighted by Crippen LogP contribution is 2.42. The summed E-state index contributed by atoms with van der Waals surface area (Å²) in [5.74, 6) is 0.572. The number of aliphatic hydroxyl groups is 1. The van der Waals surface area contributed by atoms with Crippen LogP contribution in [0.3, 0.4) is 0 Å². The lowest BCUT2D eigenvalue weighted by atomic mass is 9.94. The molecule has 2 saturated heterocycles. The van der Waals surface area contributed by atoms with Crippen LogP contribution in [-0.2, 0) is 17.8 Å². The van der Waals surface area contributed by atoms with Crippen molar-refractivity contribution >= 4 is 29.1 Å². The number of aryl methyl sites for hydroxylation is 1. The zero-order chi connectivity index (χ0) is 31.5. The Labute approximate surface area is 272 Å². The molecule has 230 valence electrons. The minimum absolute atomic E-state index is 0.122. The molecule has 0 spiro atoms.